The molecule has 0 unspecified atom stereocenters. The van der Waals surface area contributed by atoms with Crippen molar-refractivity contribution < 1.29 is 9.59 Å². The van der Waals surface area contributed by atoms with E-state index in [9.17, 15) is 9.59 Å². The number of nitrogens with one attached hydrogen (secondary N) is 1. The van der Waals surface area contributed by atoms with Gasteiger partial charge in [-0.2, -0.15) is 5.10 Å². The van der Waals surface area contributed by atoms with E-state index in [1.54, 1.807) is 17.3 Å². The van der Waals surface area contributed by atoms with Crippen LogP contribution in [0.4, 0.5) is 5.69 Å². The van der Waals surface area contributed by atoms with Crippen LogP contribution in [0.15, 0.2) is 18.5 Å². The molecule has 0 radical (unpaired) electrons. The predicted molar refractivity (Wildman–Crippen MR) is 96.1 cm³/mol. The molecule has 2 aromatic heterocycles. The van der Waals surface area contributed by atoms with Gasteiger partial charge in [0.15, 0.2) is 5.65 Å². The summed E-state index contributed by atoms with van der Waals surface area (Å²) in [5.41, 5.74) is 1.43. The van der Waals surface area contributed by atoms with Gasteiger partial charge >= 0.3 is 0 Å². The number of pyridine rings is 1. The summed E-state index contributed by atoms with van der Waals surface area (Å²) in [6, 6.07) is 2.09. The summed E-state index contributed by atoms with van der Waals surface area (Å²) < 4.78 is 1.85. The SMILES string of the molecule is CC(C)CN1C[C@@H](C(=O)Nc2cnc3c(cnn3C(C)C)c2)CC1=O. The minimum Gasteiger partial charge on any atom is -0.342 e. The fourth-order valence-corrected chi connectivity index (χ4v) is 3.20. The lowest BCUT2D eigenvalue weighted by molar-refractivity contribution is -0.128. The second-order valence-electron chi connectivity index (χ2n) is 7.40. The molecule has 7 heteroatoms. The molecule has 0 saturated carbocycles. The highest BCUT2D eigenvalue weighted by molar-refractivity contribution is 5.98. The Morgan fingerprint density at radius 2 is 2.08 bits per heavy atom. The number of hydrogen-bond donors (Lipinski definition) is 1. The van der Waals surface area contributed by atoms with E-state index < -0.39 is 0 Å². The van der Waals surface area contributed by atoms with Crippen molar-refractivity contribution in [3.8, 4) is 0 Å². The maximum Gasteiger partial charge on any atom is 0.229 e. The maximum atomic E-state index is 12.5. The van der Waals surface area contributed by atoms with Crippen molar-refractivity contribution in [1.82, 2.24) is 19.7 Å². The standard InChI is InChI=1S/C18H25N5O2/c1-11(2)9-22-10-14(6-16(22)24)18(25)21-15-5-13-7-20-23(12(3)4)17(13)19-8-15/h5,7-8,11-12,14H,6,9-10H2,1-4H3,(H,21,25)/t14-/m0/s1. The monoisotopic (exact) mass is 343 g/mol. The molecular formula is C18H25N5O2. The van der Waals surface area contributed by atoms with Crippen LogP contribution >= 0.6 is 0 Å². The number of nitrogens with zero attached hydrogens (tertiary/aromatic N) is 4. The van der Waals surface area contributed by atoms with Gasteiger partial charge in [0.05, 0.1) is 24.0 Å². The number of likely N-dealkylation sites (tertiary alicyclic amines) is 1. The fraction of sp³-hybridized carbons (Fsp3) is 0.556. The van der Waals surface area contributed by atoms with E-state index in [1.807, 2.05) is 24.6 Å². The number of amides is 2. The minimum absolute atomic E-state index is 0.0561. The molecule has 0 aliphatic carbocycles. The van der Waals surface area contributed by atoms with Gasteiger partial charge in [-0.05, 0) is 25.8 Å². The molecule has 1 N–H and O–H groups in total. The van der Waals surface area contributed by atoms with E-state index in [1.165, 1.54) is 0 Å². The zero-order valence-corrected chi connectivity index (χ0v) is 15.2. The third kappa shape index (κ3) is 3.65. The van der Waals surface area contributed by atoms with Crippen molar-refractivity contribution >= 4 is 28.5 Å². The van der Waals surface area contributed by atoms with Crippen molar-refractivity contribution in [3.63, 3.8) is 0 Å². The normalized spacial score (nSPS) is 17.9. The number of rotatable bonds is 5. The van der Waals surface area contributed by atoms with Gasteiger partial charge in [0, 0.05) is 30.9 Å². The molecule has 0 bridgehead atoms. The molecule has 2 aromatic rings. The number of fused-ring (bicyclic) bond motifs is 1. The zero-order valence-electron chi connectivity index (χ0n) is 15.2. The van der Waals surface area contributed by atoms with Crippen LogP contribution < -0.4 is 5.32 Å². The van der Waals surface area contributed by atoms with E-state index >= 15 is 0 Å². The van der Waals surface area contributed by atoms with Crippen LogP contribution in [0.2, 0.25) is 0 Å². The van der Waals surface area contributed by atoms with Gasteiger partial charge in [-0.1, -0.05) is 13.8 Å². The van der Waals surface area contributed by atoms with E-state index in [0.717, 1.165) is 11.0 Å². The average molecular weight is 343 g/mol. The highest BCUT2D eigenvalue weighted by Crippen LogP contribution is 2.23. The molecule has 25 heavy (non-hydrogen) atoms. The van der Waals surface area contributed by atoms with Gasteiger partial charge in [-0.15, -0.1) is 0 Å². The molecule has 3 heterocycles. The van der Waals surface area contributed by atoms with Gasteiger partial charge in [0.1, 0.15) is 0 Å². The second-order valence-corrected chi connectivity index (χ2v) is 7.40. The molecule has 0 spiro atoms. The summed E-state index contributed by atoms with van der Waals surface area (Å²) in [5, 5.41) is 8.11. The molecule has 1 saturated heterocycles. The van der Waals surface area contributed by atoms with Crippen molar-refractivity contribution in [1.29, 1.82) is 0 Å². The van der Waals surface area contributed by atoms with E-state index in [4.69, 9.17) is 0 Å². The first-order valence-corrected chi connectivity index (χ1v) is 8.77. The number of carbonyl (C=O) groups excluding carboxylic acids is 2. The first kappa shape index (κ1) is 17.4. The van der Waals surface area contributed by atoms with Crippen molar-refractivity contribution in [2.24, 2.45) is 11.8 Å². The largest absolute Gasteiger partial charge is 0.342 e. The molecule has 1 aliphatic heterocycles. The smallest absolute Gasteiger partial charge is 0.229 e. The van der Waals surface area contributed by atoms with Crippen LogP contribution in [0.25, 0.3) is 11.0 Å². The van der Waals surface area contributed by atoms with Gasteiger partial charge in [0.25, 0.3) is 0 Å². The molecule has 1 aliphatic rings. The highest BCUT2D eigenvalue weighted by Gasteiger charge is 2.34. The van der Waals surface area contributed by atoms with Gasteiger partial charge < -0.3 is 10.2 Å². The fourth-order valence-electron chi connectivity index (χ4n) is 3.20. The average Bonchev–Trinajstić information content (AvgIpc) is 3.10. The Morgan fingerprint density at radius 3 is 2.76 bits per heavy atom. The Hall–Kier alpha value is -2.44. The Kier molecular flexibility index (Phi) is 4.74. The molecule has 3 rings (SSSR count). The Morgan fingerprint density at radius 1 is 1.32 bits per heavy atom. The lowest BCUT2D eigenvalue weighted by atomic mass is 10.1. The van der Waals surface area contributed by atoms with Crippen molar-refractivity contribution in [2.45, 2.75) is 40.2 Å². The Bertz CT molecular complexity index is 796. The minimum atomic E-state index is -0.305. The van der Waals surface area contributed by atoms with Crippen LogP contribution in [0, 0.1) is 11.8 Å². The molecule has 1 fully saturated rings. The Labute approximate surface area is 147 Å². The van der Waals surface area contributed by atoms with E-state index in [0.29, 0.717) is 24.7 Å². The van der Waals surface area contributed by atoms with Gasteiger partial charge in [-0.3, -0.25) is 9.59 Å². The first-order valence-electron chi connectivity index (χ1n) is 8.77. The summed E-state index contributed by atoms with van der Waals surface area (Å²) in [6.45, 7) is 9.42. The van der Waals surface area contributed by atoms with Crippen LogP contribution in [-0.2, 0) is 9.59 Å². The number of hydrogen-bond acceptors (Lipinski definition) is 4. The van der Waals surface area contributed by atoms with Crippen molar-refractivity contribution in [3.05, 3.63) is 18.5 Å². The van der Waals surface area contributed by atoms with Crippen LogP contribution in [0.3, 0.4) is 0 Å². The summed E-state index contributed by atoms with van der Waals surface area (Å²) in [5.74, 6) is 0.0211. The summed E-state index contributed by atoms with van der Waals surface area (Å²) in [7, 11) is 0. The topological polar surface area (TPSA) is 80.1 Å². The number of anilines is 1. The third-order valence-corrected chi connectivity index (χ3v) is 4.36. The van der Waals surface area contributed by atoms with Gasteiger partial charge in [0.2, 0.25) is 11.8 Å². The van der Waals surface area contributed by atoms with Crippen LogP contribution in [0.1, 0.15) is 40.2 Å². The first-order chi connectivity index (χ1) is 11.8. The Balaban J connectivity index is 1.69. The number of carbonyl (C=O) groups is 2. The maximum absolute atomic E-state index is 12.5. The van der Waals surface area contributed by atoms with Gasteiger partial charge in [-0.25, -0.2) is 9.67 Å². The second kappa shape index (κ2) is 6.82. The lowest BCUT2D eigenvalue weighted by Gasteiger charge is -2.18. The predicted octanol–water partition coefficient (Wildman–Crippen LogP) is 2.46. The quantitative estimate of drug-likeness (QED) is 0.904. The zero-order chi connectivity index (χ0) is 18.1. The molecule has 0 aromatic carbocycles. The number of aromatic nitrogens is 3. The molecule has 1 atom stereocenters. The summed E-state index contributed by atoms with van der Waals surface area (Å²) >= 11 is 0. The third-order valence-electron chi connectivity index (χ3n) is 4.36. The molecule has 2 amide bonds. The van der Waals surface area contributed by atoms with E-state index in [-0.39, 0.29) is 30.2 Å². The lowest BCUT2D eigenvalue weighted by Crippen LogP contribution is -2.31. The molecule has 7 nitrogen and oxygen atoms in total. The summed E-state index contributed by atoms with van der Waals surface area (Å²) in [4.78, 5) is 30.7. The summed E-state index contributed by atoms with van der Waals surface area (Å²) in [6.07, 6.45) is 3.67. The van der Waals surface area contributed by atoms with Crippen LogP contribution in [-0.4, -0.2) is 44.6 Å². The van der Waals surface area contributed by atoms with Crippen molar-refractivity contribution in [2.75, 3.05) is 18.4 Å². The van der Waals surface area contributed by atoms with E-state index in [2.05, 4.69) is 29.2 Å². The van der Waals surface area contributed by atoms with Crippen LogP contribution in [0.5, 0.6) is 0 Å². The molecular weight excluding hydrogens is 318 g/mol. The molecule has 134 valence electrons. The highest BCUT2D eigenvalue weighted by atomic mass is 16.2.